The van der Waals surface area contributed by atoms with Crippen LogP contribution in [0.15, 0.2) is 0 Å². The molecule has 0 saturated heterocycles. The van der Waals surface area contributed by atoms with Gasteiger partial charge in [0.15, 0.2) is 0 Å². The number of aliphatic hydroxyl groups excluding tert-OH is 2. The van der Waals surface area contributed by atoms with Crippen molar-refractivity contribution in [2.45, 2.75) is 84.5 Å². The first-order chi connectivity index (χ1) is 10.2. The summed E-state index contributed by atoms with van der Waals surface area (Å²) in [6.07, 6.45) is 14.0. The SMILES string of the molecule is CCCCCCCCCCCCOCC(CC)(CO)CO. The van der Waals surface area contributed by atoms with E-state index in [1.165, 1.54) is 57.8 Å². The molecule has 0 aromatic rings. The van der Waals surface area contributed by atoms with Crippen LogP contribution in [0, 0.1) is 5.41 Å². The Hall–Kier alpha value is -0.120. The molecular formula is C18H38O3. The van der Waals surface area contributed by atoms with E-state index in [1.54, 1.807) is 0 Å². The van der Waals surface area contributed by atoms with Crippen LogP contribution in [0.4, 0.5) is 0 Å². The summed E-state index contributed by atoms with van der Waals surface area (Å²) in [6, 6.07) is 0. The molecule has 128 valence electrons. The lowest BCUT2D eigenvalue weighted by Gasteiger charge is -2.27. The van der Waals surface area contributed by atoms with E-state index in [1.807, 2.05) is 6.92 Å². The highest BCUT2D eigenvalue weighted by atomic mass is 16.5. The lowest BCUT2D eigenvalue weighted by Crippen LogP contribution is -2.34. The van der Waals surface area contributed by atoms with E-state index in [0.717, 1.165) is 19.4 Å². The van der Waals surface area contributed by atoms with Crippen molar-refractivity contribution in [3.05, 3.63) is 0 Å². The second-order valence-corrected chi connectivity index (χ2v) is 6.40. The van der Waals surface area contributed by atoms with Crippen molar-refractivity contribution in [1.29, 1.82) is 0 Å². The fourth-order valence-electron chi connectivity index (χ4n) is 2.45. The molecule has 3 nitrogen and oxygen atoms in total. The molecule has 0 saturated carbocycles. The molecule has 0 aromatic heterocycles. The minimum atomic E-state index is -0.446. The highest BCUT2D eigenvalue weighted by Crippen LogP contribution is 2.20. The maximum atomic E-state index is 9.31. The first-order valence-corrected chi connectivity index (χ1v) is 9.04. The van der Waals surface area contributed by atoms with Crippen LogP contribution in [-0.2, 0) is 4.74 Å². The number of aliphatic hydroxyl groups is 2. The molecule has 0 atom stereocenters. The Morgan fingerprint density at radius 1 is 0.714 bits per heavy atom. The smallest absolute Gasteiger partial charge is 0.0566 e. The standard InChI is InChI=1S/C18H38O3/c1-3-5-6-7-8-9-10-11-12-13-14-21-17-18(4-2,15-19)16-20/h19-20H,3-17H2,1-2H3. The summed E-state index contributed by atoms with van der Waals surface area (Å²) in [5, 5.41) is 18.6. The number of hydrogen-bond donors (Lipinski definition) is 2. The Bertz CT molecular complexity index is 194. The molecule has 0 rings (SSSR count). The highest BCUT2D eigenvalue weighted by Gasteiger charge is 2.26. The van der Waals surface area contributed by atoms with E-state index >= 15 is 0 Å². The maximum Gasteiger partial charge on any atom is 0.0566 e. The molecular weight excluding hydrogens is 264 g/mol. The van der Waals surface area contributed by atoms with Crippen LogP contribution >= 0.6 is 0 Å². The van der Waals surface area contributed by atoms with Gasteiger partial charge in [-0.3, -0.25) is 0 Å². The highest BCUT2D eigenvalue weighted by molar-refractivity contribution is 4.75. The minimum Gasteiger partial charge on any atom is -0.396 e. The predicted octanol–water partition coefficient (Wildman–Crippen LogP) is 4.30. The summed E-state index contributed by atoms with van der Waals surface area (Å²) in [4.78, 5) is 0. The zero-order chi connectivity index (χ0) is 15.8. The van der Waals surface area contributed by atoms with Gasteiger partial charge in [0.1, 0.15) is 0 Å². The van der Waals surface area contributed by atoms with E-state index in [9.17, 15) is 10.2 Å². The van der Waals surface area contributed by atoms with Crippen molar-refractivity contribution in [3.8, 4) is 0 Å². The molecule has 21 heavy (non-hydrogen) atoms. The Labute approximate surface area is 132 Å². The molecule has 0 fully saturated rings. The van der Waals surface area contributed by atoms with Gasteiger partial charge in [-0.15, -0.1) is 0 Å². The molecule has 0 spiro atoms. The van der Waals surface area contributed by atoms with Gasteiger partial charge >= 0.3 is 0 Å². The first-order valence-electron chi connectivity index (χ1n) is 9.04. The van der Waals surface area contributed by atoms with Crippen molar-refractivity contribution in [1.82, 2.24) is 0 Å². The number of hydrogen-bond acceptors (Lipinski definition) is 3. The molecule has 0 bridgehead atoms. The van der Waals surface area contributed by atoms with Gasteiger partial charge in [-0.2, -0.15) is 0 Å². The van der Waals surface area contributed by atoms with Crippen molar-refractivity contribution in [2.75, 3.05) is 26.4 Å². The van der Waals surface area contributed by atoms with Gasteiger partial charge in [0, 0.05) is 12.0 Å². The summed E-state index contributed by atoms with van der Waals surface area (Å²) < 4.78 is 5.62. The topological polar surface area (TPSA) is 49.7 Å². The lowest BCUT2D eigenvalue weighted by atomic mass is 9.88. The summed E-state index contributed by atoms with van der Waals surface area (Å²) in [5.41, 5.74) is -0.446. The van der Waals surface area contributed by atoms with Crippen molar-refractivity contribution < 1.29 is 14.9 Å². The molecule has 0 aromatic carbocycles. The molecule has 0 aliphatic carbocycles. The van der Waals surface area contributed by atoms with Gasteiger partial charge in [0.05, 0.1) is 19.8 Å². The third-order valence-corrected chi connectivity index (χ3v) is 4.47. The minimum absolute atomic E-state index is 0.00195. The van der Waals surface area contributed by atoms with Crippen LogP contribution in [0.5, 0.6) is 0 Å². The molecule has 0 aliphatic heterocycles. The number of ether oxygens (including phenoxy) is 1. The van der Waals surface area contributed by atoms with E-state index in [0.29, 0.717) is 6.61 Å². The molecule has 0 aliphatic rings. The van der Waals surface area contributed by atoms with Crippen LogP contribution in [-0.4, -0.2) is 36.6 Å². The van der Waals surface area contributed by atoms with Gasteiger partial charge in [-0.25, -0.2) is 0 Å². The van der Waals surface area contributed by atoms with Crippen LogP contribution < -0.4 is 0 Å². The third kappa shape index (κ3) is 11.1. The fraction of sp³-hybridized carbons (Fsp3) is 1.00. The quantitative estimate of drug-likeness (QED) is 0.418. The van der Waals surface area contributed by atoms with Crippen LogP contribution in [0.25, 0.3) is 0 Å². The van der Waals surface area contributed by atoms with Gasteiger partial charge in [0.2, 0.25) is 0 Å². The molecule has 0 heterocycles. The van der Waals surface area contributed by atoms with Crippen LogP contribution in [0.2, 0.25) is 0 Å². The van der Waals surface area contributed by atoms with Crippen LogP contribution in [0.1, 0.15) is 84.5 Å². The third-order valence-electron chi connectivity index (χ3n) is 4.47. The maximum absolute atomic E-state index is 9.31. The molecule has 0 amide bonds. The van der Waals surface area contributed by atoms with Crippen molar-refractivity contribution in [2.24, 2.45) is 5.41 Å². The van der Waals surface area contributed by atoms with E-state index in [2.05, 4.69) is 6.92 Å². The van der Waals surface area contributed by atoms with Crippen LogP contribution in [0.3, 0.4) is 0 Å². The predicted molar refractivity (Wildman–Crippen MR) is 89.6 cm³/mol. The normalized spacial score (nSPS) is 12.0. The second-order valence-electron chi connectivity index (χ2n) is 6.40. The first kappa shape index (κ1) is 20.9. The molecule has 2 N–H and O–H groups in total. The summed E-state index contributed by atoms with van der Waals surface area (Å²) in [6.45, 7) is 5.45. The Morgan fingerprint density at radius 3 is 1.62 bits per heavy atom. The van der Waals surface area contributed by atoms with E-state index in [4.69, 9.17) is 4.74 Å². The van der Waals surface area contributed by atoms with Gasteiger partial charge in [-0.05, 0) is 12.8 Å². The average Bonchev–Trinajstić information content (AvgIpc) is 2.53. The zero-order valence-corrected chi connectivity index (χ0v) is 14.4. The Balaban J connectivity index is 3.29. The van der Waals surface area contributed by atoms with E-state index in [-0.39, 0.29) is 13.2 Å². The van der Waals surface area contributed by atoms with Crippen molar-refractivity contribution >= 4 is 0 Å². The summed E-state index contributed by atoms with van der Waals surface area (Å²) >= 11 is 0. The lowest BCUT2D eigenvalue weighted by molar-refractivity contribution is -0.0306. The molecule has 3 heteroatoms. The summed E-state index contributed by atoms with van der Waals surface area (Å²) in [5.74, 6) is 0. The average molecular weight is 302 g/mol. The summed E-state index contributed by atoms with van der Waals surface area (Å²) in [7, 11) is 0. The van der Waals surface area contributed by atoms with Gasteiger partial charge < -0.3 is 14.9 Å². The number of rotatable bonds is 16. The number of unbranched alkanes of at least 4 members (excludes halogenated alkanes) is 9. The largest absolute Gasteiger partial charge is 0.396 e. The zero-order valence-electron chi connectivity index (χ0n) is 14.4. The van der Waals surface area contributed by atoms with E-state index < -0.39 is 5.41 Å². The molecule has 0 radical (unpaired) electrons. The molecule has 0 unspecified atom stereocenters. The Morgan fingerprint density at radius 2 is 1.19 bits per heavy atom. The monoisotopic (exact) mass is 302 g/mol. The fourth-order valence-corrected chi connectivity index (χ4v) is 2.45. The van der Waals surface area contributed by atoms with Crippen molar-refractivity contribution in [3.63, 3.8) is 0 Å². The van der Waals surface area contributed by atoms with Gasteiger partial charge in [0.25, 0.3) is 0 Å². The Kier molecular flexibility index (Phi) is 14.7. The van der Waals surface area contributed by atoms with Gasteiger partial charge in [-0.1, -0.05) is 71.6 Å². The second kappa shape index (κ2) is 14.8.